The van der Waals surface area contributed by atoms with Crippen LogP contribution in [0.5, 0.6) is 5.75 Å². The number of likely N-dealkylation sites (tertiary alicyclic amines) is 1. The lowest BCUT2D eigenvalue weighted by Gasteiger charge is -2.38. The smallest absolute Gasteiger partial charge is 0.339 e. The van der Waals surface area contributed by atoms with E-state index in [1.165, 1.54) is 29.5 Å². The Balaban J connectivity index is 1.42. The first-order valence-electron chi connectivity index (χ1n) is 7.75. The molecule has 7 heteroatoms. The molecule has 0 bridgehead atoms. The number of halogens is 1. The van der Waals surface area contributed by atoms with E-state index in [0.717, 1.165) is 10.1 Å². The largest absolute Gasteiger partial charge is 0.486 e. The van der Waals surface area contributed by atoms with E-state index in [9.17, 15) is 14.0 Å². The fourth-order valence-corrected chi connectivity index (χ4v) is 3.80. The number of benzene rings is 1. The maximum atomic E-state index is 13.3. The van der Waals surface area contributed by atoms with E-state index >= 15 is 0 Å². The molecule has 0 aliphatic carbocycles. The third-order valence-corrected chi connectivity index (χ3v) is 5.10. The Morgan fingerprint density at radius 1 is 1.28 bits per heavy atom. The Bertz CT molecular complexity index is 1020. The highest BCUT2D eigenvalue weighted by Crippen LogP contribution is 2.29. The van der Waals surface area contributed by atoms with E-state index in [4.69, 9.17) is 9.15 Å². The maximum absolute atomic E-state index is 13.3. The summed E-state index contributed by atoms with van der Waals surface area (Å²) in [6.45, 7) is 2.57. The molecule has 3 heterocycles. The van der Waals surface area contributed by atoms with Crippen LogP contribution in [0.1, 0.15) is 15.4 Å². The van der Waals surface area contributed by atoms with Crippen molar-refractivity contribution in [3.05, 3.63) is 63.3 Å². The standard InChI is InChI=1S/C18H14FNO4S/c1-10-4-13(7-17(21)23-10)24-14-8-20(9-14)18(22)16-6-11-5-12(19)2-3-15(11)25-16/h2-7,14H,8-9H2,1H3. The van der Waals surface area contributed by atoms with Crippen molar-refractivity contribution in [3.8, 4) is 5.75 Å². The number of ether oxygens (including phenoxy) is 1. The molecule has 1 aromatic carbocycles. The third kappa shape index (κ3) is 3.15. The Hall–Kier alpha value is -2.67. The molecule has 0 spiro atoms. The molecule has 3 aromatic rings. The molecule has 1 aliphatic rings. The zero-order valence-electron chi connectivity index (χ0n) is 13.3. The number of carbonyl (C=O) groups is 1. The Morgan fingerprint density at radius 2 is 2.08 bits per heavy atom. The summed E-state index contributed by atoms with van der Waals surface area (Å²) in [5, 5.41) is 0.730. The number of thiophene rings is 1. The van der Waals surface area contributed by atoms with Crippen LogP contribution in [0.3, 0.4) is 0 Å². The first kappa shape index (κ1) is 15.8. The minimum atomic E-state index is -0.459. The van der Waals surface area contributed by atoms with Gasteiger partial charge in [-0.25, -0.2) is 9.18 Å². The van der Waals surface area contributed by atoms with Crippen molar-refractivity contribution in [1.29, 1.82) is 0 Å². The summed E-state index contributed by atoms with van der Waals surface area (Å²) in [4.78, 5) is 26.1. The number of hydrogen-bond acceptors (Lipinski definition) is 5. The maximum Gasteiger partial charge on any atom is 0.339 e. The van der Waals surface area contributed by atoms with Crippen molar-refractivity contribution in [2.24, 2.45) is 0 Å². The molecule has 0 radical (unpaired) electrons. The molecule has 2 aromatic heterocycles. The predicted octanol–water partition coefficient (Wildman–Crippen LogP) is 3.21. The molecular formula is C18H14FNO4S. The van der Waals surface area contributed by atoms with Gasteiger partial charge in [0.15, 0.2) is 0 Å². The number of nitrogens with zero attached hydrogens (tertiary/aromatic N) is 1. The molecular weight excluding hydrogens is 345 g/mol. The van der Waals surface area contributed by atoms with E-state index in [1.54, 1.807) is 30.0 Å². The van der Waals surface area contributed by atoms with Crippen molar-refractivity contribution in [1.82, 2.24) is 4.90 Å². The first-order valence-corrected chi connectivity index (χ1v) is 8.56. The van der Waals surface area contributed by atoms with Crippen molar-refractivity contribution in [3.63, 3.8) is 0 Å². The molecule has 0 atom stereocenters. The van der Waals surface area contributed by atoms with Gasteiger partial charge in [0, 0.05) is 10.8 Å². The molecule has 128 valence electrons. The second-order valence-electron chi connectivity index (χ2n) is 5.97. The lowest BCUT2D eigenvalue weighted by atomic mass is 10.1. The number of fused-ring (bicyclic) bond motifs is 1. The Labute approximate surface area is 146 Å². The first-order chi connectivity index (χ1) is 12.0. The van der Waals surface area contributed by atoms with Crippen LogP contribution in [0.15, 0.2) is 45.6 Å². The minimum Gasteiger partial charge on any atom is -0.486 e. The van der Waals surface area contributed by atoms with E-state index in [-0.39, 0.29) is 17.8 Å². The van der Waals surface area contributed by atoms with Crippen LogP contribution < -0.4 is 10.4 Å². The molecule has 0 saturated carbocycles. The highest BCUT2D eigenvalue weighted by atomic mass is 32.1. The third-order valence-electron chi connectivity index (χ3n) is 3.99. The fraction of sp³-hybridized carbons (Fsp3) is 0.222. The lowest BCUT2D eigenvalue weighted by Crippen LogP contribution is -2.56. The monoisotopic (exact) mass is 359 g/mol. The van der Waals surface area contributed by atoms with E-state index in [2.05, 4.69) is 0 Å². The molecule has 0 N–H and O–H groups in total. The lowest BCUT2D eigenvalue weighted by molar-refractivity contribution is 0.0178. The summed E-state index contributed by atoms with van der Waals surface area (Å²) in [7, 11) is 0. The fourth-order valence-electron chi connectivity index (χ4n) is 2.79. The van der Waals surface area contributed by atoms with Gasteiger partial charge in [-0.2, -0.15) is 0 Å². The highest BCUT2D eigenvalue weighted by Gasteiger charge is 2.33. The normalized spacial score (nSPS) is 14.6. The summed E-state index contributed by atoms with van der Waals surface area (Å²) in [6, 6.07) is 9.14. The summed E-state index contributed by atoms with van der Waals surface area (Å²) >= 11 is 1.35. The van der Waals surface area contributed by atoms with E-state index in [0.29, 0.717) is 29.5 Å². The van der Waals surface area contributed by atoms with Crippen molar-refractivity contribution in [2.45, 2.75) is 13.0 Å². The van der Waals surface area contributed by atoms with Gasteiger partial charge < -0.3 is 14.1 Å². The predicted molar refractivity (Wildman–Crippen MR) is 91.8 cm³/mol. The number of aryl methyl sites for hydroxylation is 1. The van der Waals surface area contributed by atoms with Crippen LogP contribution in [0.2, 0.25) is 0 Å². The van der Waals surface area contributed by atoms with Gasteiger partial charge in [0.05, 0.1) is 24.0 Å². The quantitative estimate of drug-likeness (QED) is 0.721. The molecule has 1 saturated heterocycles. The van der Waals surface area contributed by atoms with Gasteiger partial charge in [0.2, 0.25) is 0 Å². The van der Waals surface area contributed by atoms with Crippen LogP contribution in [0, 0.1) is 12.7 Å². The number of hydrogen-bond donors (Lipinski definition) is 0. The summed E-state index contributed by atoms with van der Waals surface area (Å²) in [6.07, 6.45) is -0.156. The van der Waals surface area contributed by atoms with E-state index in [1.807, 2.05) is 0 Å². The topological polar surface area (TPSA) is 59.8 Å². The molecule has 0 unspecified atom stereocenters. The molecule has 5 nitrogen and oxygen atoms in total. The van der Waals surface area contributed by atoms with Gasteiger partial charge in [-0.05, 0) is 36.6 Å². The van der Waals surface area contributed by atoms with E-state index < -0.39 is 5.63 Å². The zero-order valence-corrected chi connectivity index (χ0v) is 14.1. The van der Waals surface area contributed by atoms with Crippen LogP contribution in [-0.2, 0) is 0 Å². The van der Waals surface area contributed by atoms with Crippen molar-refractivity contribution < 1.29 is 18.3 Å². The molecule has 1 aliphatic heterocycles. The number of rotatable bonds is 3. The van der Waals surface area contributed by atoms with Crippen LogP contribution in [0.4, 0.5) is 4.39 Å². The van der Waals surface area contributed by atoms with Crippen LogP contribution in [0.25, 0.3) is 10.1 Å². The SMILES string of the molecule is Cc1cc(OC2CN(C(=O)c3cc4cc(F)ccc4s3)C2)cc(=O)o1. The number of carbonyl (C=O) groups excluding carboxylic acids is 1. The molecule has 1 fully saturated rings. The van der Waals surface area contributed by atoms with Gasteiger partial charge >= 0.3 is 5.63 Å². The van der Waals surface area contributed by atoms with Gasteiger partial charge in [0.1, 0.15) is 23.4 Å². The van der Waals surface area contributed by atoms with Gasteiger partial charge in [-0.1, -0.05) is 0 Å². The molecule has 4 rings (SSSR count). The summed E-state index contributed by atoms with van der Waals surface area (Å²) in [5.74, 6) is 0.519. The minimum absolute atomic E-state index is 0.0924. The number of amides is 1. The molecule has 1 amide bonds. The second kappa shape index (κ2) is 6.00. The Morgan fingerprint density at radius 3 is 2.84 bits per heavy atom. The Kier molecular flexibility index (Phi) is 3.80. The highest BCUT2D eigenvalue weighted by molar-refractivity contribution is 7.20. The van der Waals surface area contributed by atoms with Crippen molar-refractivity contribution >= 4 is 27.3 Å². The summed E-state index contributed by atoms with van der Waals surface area (Å²) in [5.41, 5.74) is -0.459. The van der Waals surface area contributed by atoms with Gasteiger partial charge in [-0.15, -0.1) is 11.3 Å². The van der Waals surface area contributed by atoms with Gasteiger partial charge in [0.25, 0.3) is 5.91 Å². The zero-order chi connectivity index (χ0) is 17.6. The average Bonchev–Trinajstić information content (AvgIpc) is 2.92. The van der Waals surface area contributed by atoms with Crippen LogP contribution in [-0.4, -0.2) is 30.0 Å². The second-order valence-corrected chi connectivity index (χ2v) is 7.05. The average molecular weight is 359 g/mol. The van der Waals surface area contributed by atoms with Crippen molar-refractivity contribution in [2.75, 3.05) is 13.1 Å². The summed E-state index contributed by atoms with van der Waals surface area (Å²) < 4.78 is 24.7. The molecule has 25 heavy (non-hydrogen) atoms. The van der Waals surface area contributed by atoms with Crippen LogP contribution >= 0.6 is 11.3 Å². The van der Waals surface area contributed by atoms with Gasteiger partial charge in [-0.3, -0.25) is 4.79 Å².